The van der Waals surface area contributed by atoms with E-state index < -0.39 is 10.0 Å². The number of pyridine rings is 1. The molecule has 3 aromatic heterocycles. The Hall–Kier alpha value is -1.71. The highest BCUT2D eigenvalue weighted by Gasteiger charge is 2.27. The van der Waals surface area contributed by atoms with Gasteiger partial charge in [-0.05, 0) is 29.8 Å². The molecule has 0 aromatic carbocycles. The Labute approximate surface area is 129 Å². The first-order chi connectivity index (χ1) is 10.1. The zero-order valence-corrected chi connectivity index (χ0v) is 13.3. The molecule has 0 radical (unpaired) electrons. The number of fused-ring (bicyclic) bond motifs is 1. The highest BCUT2D eigenvalue weighted by Crippen LogP contribution is 2.26. The zero-order valence-electron chi connectivity index (χ0n) is 10.8. The van der Waals surface area contributed by atoms with Gasteiger partial charge in [0, 0.05) is 6.20 Å². The van der Waals surface area contributed by atoms with Crippen molar-refractivity contribution in [2.45, 2.75) is 4.21 Å². The normalized spacial score (nSPS) is 11.9. The summed E-state index contributed by atoms with van der Waals surface area (Å²) in [7, 11) is -3.79. The number of thiophene rings is 1. The van der Waals surface area contributed by atoms with Gasteiger partial charge in [-0.15, -0.1) is 23.1 Å². The molecule has 0 aliphatic heterocycles. The van der Waals surface area contributed by atoms with Gasteiger partial charge in [-0.25, -0.2) is 13.9 Å². The molecule has 108 valence electrons. The minimum absolute atomic E-state index is 0.0770. The highest BCUT2D eigenvalue weighted by molar-refractivity contribution is 8.13. The van der Waals surface area contributed by atoms with Crippen LogP contribution in [0.15, 0.2) is 40.1 Å². The Kier molecular flexibility index (Phi) is 3.56. The van der Waals surface area contributed by atoms with E-state index in [0.29, 0.717) is 11.2 Å². The second kappa shape index (κ2) is 5.24. The van der Waals surface area contributed by atoms with Crippen LogP contribution in [0.4, 0.5) is 0 Å². The molecule has 0 fully saturated rings. The fourth-order valence-electron chi connectivity index (χ4n) is 1.87. The van der Waals surface area contributed by atoms with E-state index in [-0.39, 0.29) is 15.1 Å². The van der Waals surface area contributed by atoms with E-state index in [2.05, 4.69) is 9.97 Å². The summed E-state index contributed by atoms with van der Waals surface area (Å²) in [5.74, 6) is 0.0876. The Morgan fingerprint density at radius 1 is 1.38 bits per heavy atom. The van der Waals surface area contributed by atoms with Crippen LogP contribution in [0.3, 0.4) is 0 Å². The Balaban J connectivity index is 2.38. The number of rotatable bonds is 3. The average Bonchev–Trinajstić information content (AvgIpc) is 3.13. The highest BCUT2D eigenvalue weighted by atomic mass is 32.2. The van der Waals surface area contributed by atoms with E-state index in [4.69, 9.17) is 5.41 Å². The minimum Gasteiger partial charge on any atom is -0.291 e. The first kappa shape index (κ1) is 14.2. The third kappa shape index (κ3) is 2.27. The third-order valence-corrected chi connectivity index (χ3v) is 6.45. The van der Waals surface area contributed by atoms with Crippen LogP contribution in [0, 0.1) is 5.41 Å². The molecule has 3 heterocycles. The summed E-state index contributed by atoms with van der Waals surface area (Å²) in [5, 5.41) is 9.72. The van der Waals surface area contributed by atoms with Crippen LogP contribution in [0.1, 0.15) is 5.82 Å². The van der Waals surface area contributed by atoms with Crippen molar-refractivity contribution >= 4 is 49.3 Å². The lowest BCUT2D eigenvalue weighted by atomic mass is 10.4. The Bertz CT molecular complexity index is 913. The average molecular weight is 338 g/mol. The summed E-state index contributed by atoms with van der Waals surface area (Å²) in [6.45, 7) is 0. The first-order valence-corrected chi connectivity index (χ1v) is 9.35. The summed E-state index contributed by atoms with van der Waals surface area (Å²) >= 11 is 2.26. The van der Waals surface area contributed by atoms with Gasteiger partial charge in [0.15, 0.2) is 11.5 Å². The molecule has 0 saturated carbocycles. The number of nitrogens with one attached hydrogen (secondary N) is 1. The molecule has 3 rings (SSSR count). The predicted molar refractivity (Wildman–Crippen MR) is 84.8 cm³/mol. The van der Waals surface area contributed by atoms with Gasteiger partial charge < -0.3 is 0 Å². The Morgan fingerprint density at radius 3 is 2.86 bits per heavy atom. The van der Waals surface area contributed by atoms with Gasteiger partial charge in [0.05, 0.1) is 0 Å². The predicted octanol–water partition coefficient (Wildman–Crippen LogP) is 2.42. The monoisotopic (exact) mass is 338 g/mol. The molecule has 6 nitrogen and oxygen atoms in total. The zero-order chi connectivity index (χ0) is 15.0. The van der Waals surface area contributed by atoms with Gasteiger partial charge >= 0.3 is 0 Å². The number of hydrogen-bond donors (Lipinski definition) is 1. The van der Waals surface area contributed by atoms with Crippen molar-refractivity contribution in [2.75, 3.05) is 6.26 Å². The molecule has 21 heavy (non-hydrogen) atoms. The van der Waals surface area contributed by atoms with E-state index in [0.717, 1.165) is 27.1 Å². The molecular weight excluding hydrogens is 328 g/mol. The largest absolute Gasteiger partial charge is 0.291 e. The van der Waals surface area contributed by atoms with Gasteiger partial charge in [0.2, 0.25) is 0 Å². The molecular formula is C12H10N4O2S3. The lowest BCUT2D eigenvalue weighted by Crippen LogP contribution is -2.17. The van der Waals surface area contributed by atoms with Crippen molar-refractivity contribution in [3.63, 3.8) is 0 Å². The molecule has 0 atom stereocenters. The lowest BCUT2D eigenvalue weighted by Gasteiger charge is -2.08. The molecule has 0 saturated heterocycles. The third-order valence-electron chi connectivity index (χ3n) is 2.79. The second-order valence-electron chi connectivity index (χ2n) is 4.02. The number of nitrogens with zero attached hydrogens (tertiary/aromatic N) is 3. The quantitative estimate of drug-likeness (QED) is 0.585. The standard InChI is InChI=1S/C12H10N4O2S3/c1-19-10(13)12-15-11-8(4-2-6-14-11)16(12)21(17,18)9-5-3-7-20-9/h2-7,13H,1H3. The number of hydrogen-bond acceptors (Lipinski definition) is 7. The van der Waals surface area contributed by atoms with Gasteiger partial charge in [-0.3, -0.25) is 5.41 Å². The number of thioether (sulfide) groups is 1. The summed E-state index contributed by atoms with van der Waals surface area (Å²) in [5.41, 5.74) is 0.686. The maximum atomic E-state index is 12.8. The molecule has 0 amide bonds. The fraction of sp³-hybridized carbons (Fsp3) is 0.0833. The van der Waals surface area contributed by atoms with Crippen LogP contribution in [0.5, 0.6) is 0 Å². The van der Waals surface area contributed by atoms with Crippen LogP contribution in [-0.4, -0.2) is 33.7 Å². The molecule has 0 bridgehead atoms. The first-order valence-electron chi connectivity index (χ1n) is 5.81. The summed E-state index contributed by atoms with van der Waals surface area (Å²) < 4.78 is 26.9. The van der Waals surface area contributed by atoms with E-state index in [1.165, 1.54) is 6.07 Å². The van der Waals surface area contributed by atoms with Gasteiger partial charge in [0.25, 0.3) is 10.0 Å². The molecule has 3 aromatic rings. The van der Waals surface area contributed by atoms with Crippen LogP contribution >= 0.6 is 23.1 Å². The molecule has 0 aliphatic rings. The lowest BCUT2D eigenvalue weighted by molar-refractivity contribution is 0.590. The molecule has 0 unspecified atom stereocenters. The number of aromatic nitrogens is 3. The minimum atomic E-state index is -3.79. The van der Waals surface area contributed by atoms with E-state index in [1.54, 1.807) is 36.0 Å². The van der Waals surface area contributed by atoms with Gasteiger partial charge in [0.1, 0.15) is 14.8 Å². The van der Waals surface area contributed by atoms with Crippen LogP contribution in [-0.2, 0) is 10.0 Å². The maximum Gasteiger partial charge on any atom is 0.279 e. The van der Waals surface area contributed by atoms with E-state index in [9.17, 15) is 8.42 Å². The Morgan fingerprint density at radius 2 is 2.19 bits per heavy atom. The van der Waals surface area contributed by atoms with Crippen molar-refractivity contribution in [1.29, 1.82) is 5.41 Å². The summed E-state index contributed by atoms with van der Waals surface area (Å²) in [6, 6.07) is 6.50. The molecule has 1 N–H and O–H groups in total. The van der Waals surface area contributed by atoms with Gasteiger partial charge in [-0.2, -0.15) is 8.42 Å². The molecule has 0 aliphatic carbocycles. The summed E-state index contributed by atoms with van der Waals surface area (Å²) in [6.07, 6.45) is 3.25. The molecule has 9 heteroatoms. The molecule has 0 spiro atoms. The second-order valence-corrected chi connectivity index (χ2v) is 7.79. The smallest absolute Gasteiger partial charge is 0.279 e. The van der Waals surface area contributed by atoms with Crippen LogP contribution in [0.25, 0.3) is 11.2 Å². The van der Waals surface area contributed by atoms with Gasteiger partial charge in [-0.1, -0.05) is 6.07 Å². The fourth-order valence-corrected chi connectivity index (χ4v) is 4.76. The van der Waals surface area contributed by atoms with Crippen molar-refractivity contribution in [1.82, 2.24) is 13.9 Å². The van der Waals surface area contributed by atoms with E-state index in [1.807, 2.05) is 0 Å². The SMILES string of the molecule is CSC(=N)c1nc2ncccc2n1S(=O)(=O)c1cccs1. The maximum absolute atomic E-state index is 12.8. The summed E-state index contributed by atoms with van der Waals surface area (Å²) in [4.78, 5) is 8.27. The van der Waals surface area contributed by atoms with Crippen molar-refractivity contribution in [3.05, 3.63) is 41.7 Å². The number of imidazole rings is 1. The van der Waals surface area contributed by atoms with Crippen LogP contribution < -0.4 is 0 Å². The topological polar surface area (TPSA) is 88.7 Å². The van der Waals surface area contributed by atoms with Crippen molar-refractivity contribution in [2.24, 2.45) is 0 Å². The van der Waals surface area contributed by atoms with Crippen molar-refractivity contribution < 1.29 is 8.42 Å². The van der Waals surface area contributed by atoms with Crippen molar-refractivity contribution in [3.8, 4) is 0 Å². The van der Waals surface area contributed by atoms with Crippen LogP contribution in [0.2, 0.25) is 0 Å². The van der Waals surface area contributed by atoms with E-state index >= 15 is 0 Å².